The van der Waals surface area contributed by atoms with Gasteiger partial charge in [-0.15, -0.1) is 0 Å². The van der Waals surface area contributed by atoms with Crippen molar-refractivity contribution < 1.29 is 18.7 Å². The van der Waals surface area contributed by atoms with Gasteiger partial charge >= 0.3 is 5.97 Å². The third kappa shape index (κ3) is 3.24. The monoisotopic (exact) mass is 352 g/mol. The highest BCUT2D eigenvalue weighted by Gasteiger charge is 2.13. The highest BCUT2D eigenvalue weighted by atomic mass is 79.9. The van der Waals surface area contributed by atoms with Crippen molar-refractivity contribution in [3.8, 4) is 11.5 Å². The predicted molar refractivity (Wildman–Crippen MR) is 81.4 cm³/mol. The van der Waals surface area contributed by atoms with E-state index in [1.54, 1.807) is 31.2 Å². The molecule has 0 fully saturated rings. The number of benzene rings is 2. The first kappa shape index (κ1) is 15.5. The van der Waals surface area contributed by atoms with Gasteiger partial charge in [-0.1, -0.05) is 6.07 Å². The number of hydrogen-bond donors (Lipinski definition) is 0. The number of methoxy groups -OCH3 is 1. The van der Waals surface area contributed by atoms with Crippen LogP contribution in [0.2, 0.25) is 0 Å². The molecular formula is C16H14BrFO3. The second-order valence-electron chi connectivity index (χ2n) is 4.56. The van der Waals surface area contributed by atoms with Crippen LogP contribution in [0.15, 0.2) is 34.8 Å². The molecule has 3 nitrogen and oxygen atoms in total. The average molecular weight is 353 g/mol. The predicted octanol–water partition coefficient (Wildman–Crippen LogP) is 4.78. The molecule has 2 aromatic carbocycles. The van der Waals surface area contributed by atoms with E-state index in [9.17, 15) is 9.18 Å². The normalized spacial score (nSPS) is 10.3. The van der Waals surface area contributed by atoms with Crippen molar-refractivity contribution in [2.45, 2.75) is 13.8 Å². The number of halogens is 2. The van der Waals surface area contributed by atoms with Crippen LogP contribution in [0.3, 0.4) is 0 Å². The molecule has 2 rings (SSSR count). The molecule has 0 unspecified atom stereocenters. The molecule has 0 amide bonds. The zero-order valence-electron chi connectivity index (χ0n) is 11.9. The maximum atomic E-state index is 13.6. The van der Waals surface area contributed by atoms with Crippen LogP contribution < -0.4 is 4.74 Å². The molecule has 0 radical (unpaired) electrons. The summed E-state index contributed by atoms with van der Waals surface area (Å²) in [6, 6.07) is 7.91. The van der Waals surface area contributed by atoms with Gasteiger partial charge in [0.15, 0.2) is 0 Å². The molecule has 0 heterocycles. The molecule has 2 aromatic rings. The molecule has 5 heteroatoms. The molecule has 0 saturated heterocycles. The molecule has 0 spiro atoms. The summed E-state index contributed by atoms with van der Waals surface area (Å²) in [7, 11) is 1.32. The molecule has 0 atom stereocenters. The van der Waals surface area contributed by atoms with E-state index < -0.39 is 5.97 Å². The molecule has 0 saturated carbocycles. The Labute approximate surface area is 130 Å². The Kier molecular flexibility index (Phi) is 4.63. The Morgan fingerprint density at radius 2 is 1.90 bits per heavy atom. The summed E-state index contributed by atoms with van der Waals surface area (Å²) in [6.07, 6.45) is 0. The van der Waals surface area contributed by atoms with E-state index in [0.717, 1.165) is 5.56 Å². The lowest BCUT2D eigenvalue weighted by Crippen LogP contribution is -2.01. The third-order valence-electron chi connectivity index (χ3n) is 3.10. The Hall–Kier alpha value is -1.88. The Bertz CT molecular complexity index is 698. The molecule has 110 valence electrons. The summed E-state index contributed by atoms with van der Waals surface area (Å²) >= 11 is 3.34. The summed E-state index contributed by atoms with van der Waals surface area (Å²) in [5.41, 5.74) is 1.68. The summed E-state index contributed by atoms with van der Waals surface area (Å²) in [5, 5.41) is 0. The number of esters is 1. The van der Waals surface area contributed by atoms with E-state index in [0.29, 0.717) is 27.1 Å². The van der Waals surface area contributed by atoms with Crippen LogP contribution in [0.4, 0.5) is 4.39 Å². The molecule has 0 aromatic heterocycles. The summed E-state index contributed by atoms with van der Waals surface area (Å²) in [5.74, 6) is 0.222. The van der Waals surface area contributed by atoms with Gasteiger partial charge in [0.1, 0.15) is 17.3 Å². The van der Waals surface area contributed by atoms with Gasteiger partial charge in [-0.05, 0) is 59.6 Å². The van der Waals surface area contributed by atoms with E-state index >= 15 is 0 Å². The van der Waals surface area contributed by atoms with Crippen LogP contribution in [0, 0.1) is 19.7 Å². The quantitative estimate of drug-likeness (QED) is 0.745. The number of rotatable bonds is 3. The van der Waals surface area contributed by atoms with E-state index in [1.807, 2.05) is 6.92 Å². The lowest BCUT2D eigenvalue weighted by molar-refractivity contribution is 0.0600. The molecule has 0 bridgehead atoms. The SMILES string of the molecule is COC(=O)c1ccc(Oc2c(C)ccc(F)c2C)c(Br)c1. The highest BCUT2D eigenvalue weighted by Crippen LogP contribution is 2.34. The summed E-state index contributed by atoms with van der Waals surface area (Å²) < 4.78 is 24.7. The van der Waals surface area contributed by atoms with Crippen LogP contribution in [0.1, 0.15) is 21.5 Å². The van der Waals surface area contributed by atoms with Gasteiger partial charge in [-0.3, -0.25) is 0 Å². The van der Waals surface area contributed by atoms with Crippen LogP contribution in [-0.4, -0.2) is 13.1 Å². The maximum absolute atomic E-state index is 13.6. The smallest absolute Gasteiger partial charge is 0.337 e. The molecule has 21 heavy (non-hydrogen) atoms. The maximum Gasteiger partial charge on any atom is 0.337 e. The minimum absolute atomic E-state index is 0.321. The van der Waals surface area contributed by atoms with Gasteiger partial charge in [0, 0.05) is 5.56 Å². The van der Waals surface area contributed by atoms with Gasteiger partial charge in [-0.2, -0.15) is 0 Å². The number of aryl methyl sites for hydroxylation is 1. The zero-order chi connectivity index (χ0) is 15.6. The van der Waals surface area contributed by atoms with E-state index in [2.05, 4.69) is 20.7 Å². The standard InChI is InChI=1S/C16H14BrFO3/c1-9-4-6-13(18)10(2)15(9)21-14-7-5-11(8-12(14)17)16(19)20-3/h4-8H,1-3H3. The molecule has 0 aliphatic rings. The minimum Gasteiger partial charge on any atom is -0.465 e. The average Bonchev–Trinajstić information content (AvgIpc) is 2.48. The van der Waals surface area contributed by atoms with Gasteiger partial charge < -0.3 is 9.47 Å². The van der Waals surface area contributed by atoms with Crippen LogP contribution in [0.5, 0.6) is 11.5 Å². The molecule has 0 aliphatic carbocycles. The first-order valence-electron chi connectivity index (χ1n) is 6.25. The fourth-order valence-electron chi connectivity index (χ4n) is 1.90. The topological polar surface area (TPSA) is 35.5 Å². The van der Waals surface area contributed by atoms with Crippen molar-refractivity contribution in [1.82, 2.24) is 0 Å². The number of carbonyl (C=O) groups is 1. The second-order valence-corrected chi connectivity index (χ2v) is 5.41. The fourth-order valence-corrected chi connectivity index (χ4v) is 2.36. The highest BCUT2D eigenvalue weighted by molar-refractivity contribution is 9.10. The molecule has 0 aliphatic heterocycles. The van der Waals surface area contributed by atoms with Crippen molar-refractivity contribution in [2.75, 3.05) is 7.11 Å². The van der Waals surface area contributed by atoms with E-state index in [1.165, 1.54) is 13.2 Å². The van der Waals surface area contributed by atoms with E-state index in [4.69, 9.17) is 4.74 Å². The van der Waals surface area contributed by atoms with Gasteiger partial charge in [-0.25, -0.2) is 9.18 Å². The van der Waals surface area contributed by atoms with Crippen molar-refractivity contribution in [3.05, 3.63) is 57.3 Å². The third-order valence-corrected chi connectivity index (χ3v) is 3.72. The van der Waals surface area contributed by atoms with Crippen molar-refractivity contribution in [1.29, 1.82) is 0 Å². The Balaban J connectivity index is 2.37. The largest absolute Gasteiger partial charge is 0.465 e. The lowest BCUT2D eigenvalue weighted by Gasteiger charge is -2.14. The van der Waals surface area contributed by atoms with Gasteiger partial charge in [0.25, 0.3) is 0 Å². The van der Waals surface area contributed by atoms with Gasteiger partial charge in [0.2, 0.25) is 0 Å². The first-order chi connectivity index (χ1) is 9.93. The van der Waals surface area contributed by atoms with Crippen LogP contribution in [-0.2, 0) is 4.74 Å². The van der Waals surface area contributed by atoms with Crippen molar-refractivity contribution in [2.24, 2.45) is 0 Å². The van der Waals surface area contributed by atoms with Gasteiger partial charge in [0.05, 0.1) is 17.1 Å². The van der Waals surface area contributed by atoms with Crippen molar-refractivity contribution >= 4 is 21.9 Å². The zero-order valence-corrected chi connectivity index (χ0v) is 13.5. The van der Waals surface area contributed by atoms with Crippen LogP contribution >= 0.6 is 15.9 Å². The second kappa shape index (κ2) is 6.26. The minimum atomic E-state index is -0.430. The first-order valence-corrected chi connectivity index (χ1v) is 7.04. The number of hydrogen-bond acceptors (Lipinski definition) is 3. The van der Waals surface area contributed by atoms with Crippen LogP contribution in [0.25, 0.3) is 0 Å². The summed E-state index contributed by atoms with van der Waals surface area (Å²) in [6.45, 7) is 3.51. The molecule has 0 N–H and O–H groups in total. The Morgan fingerprint density at radius 1 is 1.19 bits per heavy atom. The number of ether oxygens (including phenoxy) is 2. The number of carbonyl (C=O) groups excluding carboxylic acids is 1. The van der Waals surface area contributed by atoms with E-state index in [-0.39, 0.29) is 5.82 Å². The summed E-state index contributed by atoms with van der Waals surface area (Å²) in [4.78, 5) is 11.5. The fraction of sp³-hybridized carbons (Fsp3) is 0.188. The lowest BCUT2D eigenvalue weighted by atomic mass is 10.1. The molecular weight excluding hydrogens is 339 g/mol. The van der Waals surface area contributed by atoms with Crippen molar-refractivity contribution in [3.63, 3.8) is 0 Å². The Morgan fingerprint density at radius 3 is 2.52 bits per heavy atom.